The lowest BCUT2D eigenvalue weighted by Gasteiger charge is -2.25. The summed E-state index contributed by atoms with van der Waals surface area (Å²) >= 11 is 0. The molecule has 0 bridgehead atoms. The van der Waals surface area contributed by atoms with Crippen molar-refractivity contribution in [2.24, 2.45) is 5.41 Å². The summed E-state index contributed by atoms with van der Waals surface area (Å²) in [6.07, 6.45) is 2.72. The zero-order chi connectivity index (χ0) is 14.9. The first-order valence-corrected chi connectivity index (χ1v) is 7.17. The second-order valence-electron chi connectivity index (χ2n) is 6.10. The minimum atomic E-state index is -0.854. The Balaban J connectivity index is 1.88. The van der Waals surface area contributed by atoms with Gasteiger partial charge in [0.25, 0.3) is 0 Å². The van der Waals surface area contributed by atoms with Gasteiger partial charge in [-0.2, -0.15) is 0 Å². The van der Waals surface area contributed by atoms with Crippen molar-refractivity contribution in [3.63, 3.8) is 0 Å². The highest BCUT2D eigenvalue weighted by atomic mass is 16.2. The Kier molecular flexibility index (Phi) is 4.01. The summed E-state index contributed by atoms with van der Waals surface area (Å²) in [6, 6.07) is -0.128. The number of hydrogen-bond acceptors (Lipinski definition) is 3. The van der Waals surface area contributed by atoms with Gasteiger partial charge in [-0.15, -0.1) is 0 Å². The van der Waals surface area contributed by atoms with E-state index in [0.717, 1.165) is 13.0 Å². The number of carbonyl (C=O) groups is 3. The van der Waals surface area contributed by atoms with Gasteiger partial charge in [0.05, 0.1) is 0 Å². The van der Waals surface area contributed by atoms with Gasteiger partial charge in [0.2, 0.25) is 17.7 Å². The number of amides is 3. The number of nitrogens with one attached hydrogen (secondary N) is 1. The van der Waals surface area contributed by atoms with Crippen LogP contribution in [-0.4, -0.2) is 60.7 Å². The molecule has 20 heavy (non-hydrogen) atoms. The summed E-state index contributed by atoms with van der Waals surface area (Å²) in [6.45, 7) is 3.16. The molecule has 3 amide bonds. The largest absolute Gasteiger partial charge is 0.351 e. The third-order valence-electron chi connectivity index (χ3n) is 4.04. The molecule has 1 unspecified atom stereocenters. The average Bonchev–Trinajstić information content (AvgIpc) is 3.09. The van der Waals surface area contributed by atoms with Crippen LogP contribution in [0.2, 0.25) is 0 Å². The minimum Gasteiger partial charge on any atom is -0.351 e. The zero-order valence-corrected chi connectivity index (χ0v) is 12.4. The van der Waals surface area contributed by atoms with E-state index < -0.39 is 5.41 Å². The normalized spacial score (nSPS) is 21.6. The van der Waals surface area contributed by atoms with E-state index in [1.165, 1.54) is 4.90 Å². The van der Waals surface area contributed by atoms with E-state index in [1.54, 1.807) is 19.0 Å². The van der Waals surface area contributed by atoms with Gasteiger partial charge in [-0.1, -0.05) is 0 Å². The lowest BCUT2D eigenvalue weighted by molar-refractivity contribution is -0.143. The molecule has 2 aliphatic rings. The van der Waals surface area contributed by atoms with Crippen LogP contribution in [0.15, 0.2) is 0 Å². The first kappa shape index (κ1) is 14.8. The van der Waals surface area contributed by atoms with Crippen LogP contribution in [0.25, 0.3) is 0 Å². The molecule has 1 saturated carbocycles. The van der Waals surface area contributed by atoms with Gasteiger partial charge in [-0.25, -0.2) is 0 Å². The standard InChI is InChI=1S/C14H23N3O3/c1-10(9-17-8-4-5-11(17)18)15-12(19)14(6-7-14)13(20)16(2)3/h10H,4-9H2,1-3H3,(H,15,19). The van der Waals surface area contributed by atoms with Gasteiger partial charge in [-0.05, 0) is 26.2 Å². The van der Waals surface area contributed by atoms with E-state index in [4.69, 9.17) is 0 Å². The molecule has 0 aromatic heterocycles. The number of likely N-dealkylation sites (tertiary alicyclic amines) is 1. The molecule has 1 N–H and O–H groups in total. The van der Waals surface area contributed by atoms with Crippen molar-refractivity contribution in [3.8, 4) is 0 Å². The molecular formula is C14H23N3O3. The molecule has 112 valence electrons. The van der Waals surface area contributed by atoms with Crippen molar-refractivity contribution in [2.75, 3.05) is 27.2 Å². The fourth-order valence-corrected chi connectivity index (χ4v) is 2.73. The van der Waals surface area contributed by atoms with Crippen molar-refractivity contribution in [1.29, 1.82) is 0 Å². The lowest BCUT2D eigenvalue weighted by atomic mass is 10.0. The molecule has 2 rings (SSSR count). The van der Waals surface area contributed by atoms with Gasteiger partial charge >= 0.3 is 0 Å². The highest BCUT2D eigenvalue weighted by Crippen LogP contribution is 2.47. The lowest BCUT2D eigenvalue weighted by Crippen LogP contribution is -2.48. The number of nitrogens with zero attached hydrogens (tertiary/aromatic N) is 2. The maximum atomic E-state index is 12.3. The minimum absolute atomic E-state index is 0.126. The van der Waals surface area contributed by atoms with E-state index in [9.17, 15) is 14.4 Å². The highest BCUT2D eigenvalue weighted by molar-refractivity contribution is 6.07. The third kappa shape index (κ3) is 2.78. The van der Waals surface area contributed by atoms with Gasteiger partial charge in [-0.3, -0.25) is 14.4 Å². The number of rotatable bonds is 5. The second kappa shape index (κ2) is 5.42. The maximum Gasteiger partial charge on any atom is 0.237 e. The molecule has 1 aliphatic heterocycles. The Morgan fingerprint density at radius 2 is 2.05 bits per heavy atom. The summed E-state index contributed by atoms with van der Waals surface area (Å²) < 4.78 is 0. The third-order valence-corrected chi connectivity index (χ3v) is 4.04. The van der Waals surface area contributed by atoms with Crippen LogP contribution in [0.4, 0.5) is 0 Å². The highest BCUT2D eigenvalue weighted by Gasteiger charge is 2.57. The molecule has 1 atom stereocenters. The van der Waals surface area contributed by atoms with Crippen molar-refractivity contribution in [2.45, 2.75) is 38.6 Å². The molecule has 1 aliphatic carbocycles. The van der Waals surface area contributed by atoms with E-state index in [-0.39, 0.29) is 23.8 Å². The Morgan fingerprint density at radius 1 is 1.40 bits per heavy atom. The Labute approximate surface area is 119 Å². The quantitative estimate of drug-likeness (QED) is 0.720. The van der Waals surface area contributed by atoms with Crippen LogP contribution in [0, 0.1) is 5.41 Å². The summed E-state index contributed by atoms with van der Waals surface area (Å²) in [5.41, 5.74) is -0.854. The fraction of sp³-hybridized carbons (Fsp3) is 0.786. The zero-order valence-electron chi connectivity index (χ0n) is 12.4. The van der Waals surface area contributed by atoms with Crippen LogP contribution in [0.1, 0.15) is 32.6 Å². The van der Waals surface area contributed by atoms with Gasteiger partial charge < -0.3 is 15.1 Å². The van der Waals surface area contributed by atoms with Crippen molar-refractivity contribution in [3.05, 3.63) is 0 Å². The Bertz CT molecular complexity index is 429. The number of hydrogen-bond donors (Lipinski definition) is 1. The number of carbonyl (C=O) groups excluding carboxylic acids is 3. The van der Waals surface area contributed by atoms with Crippen LogP contribution >= 0.6 is 0 Å². The van der Waals surface area contributed by atoms with Gasteiger partial charge in [0.15, 0.2) is 0 Å². The summed E-state index contributed by atoms with van der Waals surface area (Å²) in [5.74, 6) is -0.175. The fourth-order valence-electron chi connectivity index (χ4n) is 2.73. The summed E-state index contributed by atoms with van der Waals surface area (Å²) in [5, 5.41) is 2.89. The Morgan fingerprint density at radius 3 is 2.50 bits per heavy atom. The van der Waals surface area contributed by atoms with E-state index >= 15 is 0 Å². The first-order chi connectivity index (χ1) is 9.36. The summed E-state index contributed by atoms with van der Waals surface area (Å²) in [4.78, 5) is 39.1. The molecular weight excluding hydrogens is 258 g/mol. The Hall–Kier alpha value is -1.59. The molecule has 1 heterocycles. The van der Waals surface area contributed by atoms with Crippen molar-refractivity contribution in [1.82, 2.24) is 15.1 Å². The second-order valence-corrected chi connectivity index (χ2v) is 6.10. The molecule has 0 spiro atoms. The maximum absolute atomic E-state index is 12.3. The van der Waals surface area contributed by atoms with Crippen LogP contribution < -0.4 is 5.32 Å². The van der Waals surface area contributed by atoms with Crippen molar-refractivity contribution < 1.29 is 14.4 Å². The van der Waals surface area contributed by atoms with Gasteiger partial charge in [0.1, 0.15) is 5.41 Å². The molecule has 6 heteroatoms. The first-order valence-electron chi connectivity index (χ1n) is 7.17. The van der Waals surface area contributed by atoms with Crippen LogP contribution in [-0.2, 0) is 14.4 Å². The van der Waals surface area contributed by atoms with Crippen molar-refractivity contribution >= 4 is 17.7 Å². The SMILES string of the molecule is CC(CN1CCCC1=O)NC(=O)C1(C(=O)N(C)C)CC1. The van der Waals surface area contributed by atoms with Crippen LogP contribution in [0.5, 0.6) is 0 Å². The topological polar surface area (TPSA) is 69.7 Å². The summed E-state index contributed by atoms with van der Waals surface area (Å²) in [7, 11) is 3.34. The molecule has 2 fully saturated rings. The molecule has 0 radical (unpaired) electrons. The molecule has 0 aromatic carbocycles. The predicted octanol–water partition coefficient (Wildman–Crippen LogP) is -0.0181. The monoisotopic (exact) mass is 281 g/mol. The molecule has 0 aromatic rings. The smallest absolute Gasteiger partial charge is 0.237 e. The molecule has 6 nitrogen and oxygen atoms in total. The predicted molar refractivity (Wildman–Crippen MR) is 73.8 cm³/mol. The van der Waals surface area contributed by atoms with E-state index in [2.05, 4.69) is 5.32 Å². The van der Waals surface area contributed by atoms with Gasteiger partial charge in [0, 0.05) is 39.6 Å². The van der Waals surface area contributed by atoms with E-state index in [0.29, 0.717) is 25.8 Å². The average molecular weight is 281 g/mol. The van der Waals surface area contributed by atoms with E-state index in [1.807, 2.05) is 6.92 Å². The van der Waals surface area contributed by atoms with Crippen LogP contribution in [0.3, 0.4) is 0 Å². The molecule has 1 saturated heterocycles.